The minimum atomic E-state index is -0.166. The van der Waals surface area contributed by atoms with Gasteiger partial charge in [-0.2, -0.15) is 0 Å². The van der Waals surface area contributed by atoms with Crippen molar-refractivity contribution >= 4 is 39.2 Å². The highest BCUT2D eigenvalue weighted by atomic mass is 32.1. The number of allylic oxidation sites excluding steroid dienone is 1. The van der Waals surface area contributed by atoms with Gasteiger partial charge in [-0.3, -0.25) is 14.5 Å². The molecule has 0 aliphatic carbocycles. The lowest BCUT2D eigenvalue weighted by atomic mass is 10.0. The summed E-state index contributed by atoms with van der Waals surface area (Å²) in [6.45, 7) is 4.59. The van der Waals surface area contributed by atoms with E-state index < -0.39 is 0 Å². The van der Waals surface area contributed by atoms with Crippen LogP contribution < -0.4 is 14.8 Å². The van der Waals surface area contributed by atoms with Crippen LogP contribution in [0.4, 0.5) is 0 Å². The van der Waals surface area contributed by atoms with E-state index in [9.17, 15) is 9.59 Å². The first-order chi connectivity index (χ1) is 19.6. The molecule has 1 aliphatic rings. The Morgan fingerprint density at radius 3 is 2.40 bits per heavy atom. The number of ketones is 1. The zero-order valence-corrected chi connectivity index (χ0v) is 23.5. The minimum Gasteiger partial charge on any atom is -0.496 e. The van der Waals surface area contributed by atoms with Crippen LogP contribution in [0.25, 0.3) is 26.6 Å². The Labute approximate surface area is 238 Å². The van der Waals surface area contributed by atoms with Crippen LogP contribution in [0.2, 0.25) is 0 Å². The zero-order valence-electron chi connectivity index (χ0n) is 22.6. The Hall–Kier alpha value is -3.98. The second-order valence-corrected chi connectivity index (χ2v) is 10.5. The number of methoxy groups -OCH3 is 2. The van der Waals surface area contributed by atoms with E-state index in [1.165, 1.54) is 16.2 Å². The molecule has 1 saturated heterocycles. The number of hydrogen-bond acceptors (Lipinski definition) is 7. The predicted molar refractivity (Wildman–Crippen MR) is 160 cm³/mol. The van der Waals surface area contributed by atoms with E-state index in [2.05, 4.69) is 28.4 Å². The van der Waals surface area contributed by atoms with Gasteiger partial charge in [0.25, 0.3) is 5.91 Å². The molecule has 0 unspecified atom stereocenters. The largest absolute Gasteiger partial charge is 0.496 e. The molecule has 8 heteroatoms. The van der Waals surface area contributed by atoms with E-state index in [0.29, 0.717) is 29.2 Å². The molecule has 3 aromatic carbocycles. The van der Waals surface area contributed by atoms with E-state index in [1.54, 1.807) is 55.9 Å². The van der Waals surface area contributed by atoms with Crippen LogP contribution in [0.3, 0.4) is 0 Å². The van der Waals surface area contributed by atoms with Crippen molar-refractivity contribution in [1.29, 1.82) is 0 Å². The molecule has 7 nitrogen and oxygen atoms in total. The van der Waals surface area contributed by atoms with Crippen LogP contribution in [0, 0.1) is 0 Å². The SMILES string of the molecule is COc1cc(OC)c(-c2cc3ccccc3s2)cc1/C=C/C(=O)c1ccc(C(=O)NCCN2CCOCC2)cc1. The van der Waals surface area contributed by atoms with Crippen LogP contribution in [-0.4, -0.2) is 70.2 Å². The summed E-state index contributed by atoms with van der Waals surface area (Å²) in [5.74, 6) is 0.987. The number of amides is 1. The van der Waals surface area contributed by atoms with E-state index in [4.69, 9.17) is 14.2 Å². The smallest absolute Gasteiger partial charge is 0.251 e. The van der Waals surface area contributed by atoms with Crippen molar-refractivity contribution in [3.05, 3.63) is 89.5 Å². The molecule has 1 amide bonds. The lowest BCUT2D eigenvalue weighted by Crippen LogP contribution is -2.41. The Morgan fingerprint density at radius 1 is 0.950 bits per heavy atom. The first-order valence-electron chi connectivity index (χ1n) is 13.2. The van der Waals surface area contributed by atoms with Crippen LogP contribution >= 0.6 is 11.3 Å². The first-order valence-corrected chi connectivity index (χ1v) is 14.0. The number of thiophene rings is 1. The van der Waals surface area contributed by atoms with Crippen LogP contribution in [0.5, 0.6) is 11.5 Å². The topological polar surface area (TPSA) is 77.1 Å². The van der Waals surface area contributed by atoms with Gasteiger partial charge in [-0.05, 0) is 47.9 Å². The predicted octanol–water partition coefficient (Wildman–Crippen LogP) is 5.54. The lowest BCUT2D eigenvalue weighted by Gasteiger charge is -2.26. The third-order valence-electron chi connectivity index (χ3n) is 6.91. The average molecular weight is 557 g/mol. The number of benzene rings is 3. The number of fused-ring (bicyclic) bond motifs is 1. The van der Waals surface area contributed by atoms with Crippen molar-refractivity contribution in [2.45, 2.75) is 0 Å². The van der Waals surface area contributed by atoms with E-state index in [0.717, 1.165) is 48.9 Å². The highest BCUT2D eigenvalue weighted by molar-refractivity contribution is 7.22. The molecule has 1 aromatic heterocycles. The molecule has 2 heterocycles. The number of nitrogens with zero attached hydrogens (tertiary/aromatic N) is 1. The number of carbonyl (C=O) groups excluding carboxylic acids is 2. The molecule has 4 aromatic rings. The van der Waals surface area contributed by atoms with Crippen LogP contribution in [-0.2, 0) is 4.74 Å². The minimum absolute atomic E-state index is 0.153. The molecular weight excluding hydrogens is 524 g/mol. The third kappa shape index (κ3) is 6.42. The number of ether oxygens (including phenoxy) is 3. The zero-order chi connectivity index (χ0) is 27.9. The van der Waals surface area contributed by atoms with E-state index in [-0.39, 0.29) is 11.7 Å². The summed E-state index contributed by atoms with van der Waals surface area (Å²) in [4.78, 5) is 28.8. The van der Waals surface area contributed by atoms with Gasteiger partial charge in [0.15, 0.2) is 5.78 Å². The monoisotopic (exact) mass is 556 g/mol. The molecule has 1 fully saturated rings. The Balaban J connectivity index is 1.28. The van der Waals surface area contributed by atoms with Crippen LogP contribution in [0.15, 0.2) is 72.8 Å². The number of carbonyl (C=O) groups is 2. The Morgan fingerprint density at radius 2 is 1.68 bits per heavy atom. The molecule has 0 saturated carbocycles. The van der Waals surface area contributed by atoms with Crippen molar-refractivity contribution in [1.82, 2.24) is 10.2 Å². The van der Waals surface area contributed by atoms with Crippen molar-refractivity contribution in [3.8, 4) is 21.9 Å². The second-order valence-electron chi connectivity index (χ2n) is 9.43. The van der Waals surface area contributed by atoms with Gasteiger partial charge >= 0.3 is 0 Å². The number of rotatable bonds is 10. The molecule has 0 radical (unpaired) electrons. The summed E-state index contributed by atoms with van der Waals surface area (Å²) in [6, 6.07) is 20.9. The summed E-state index contributed by atoms with van der Waals surface area (Å²) in [5, 5.41) is 4.12. The van der Waals surface area contributed by atoms with Crippen molar-refractivity contribution in [2.75, 3.05) is 53.6 Å². The fourth-order valence-corrected chi connectivity index (χ4v) is 5.75. The van der Waals surface area contributed by atoms with Gasteiger partial charge in [-0.25, -0.2) is 0 Å². The van der Waals surface area contributed by atoms with Crippen molar-refractivity contribution < 1.29 is 23.8 Å². The highest BCUT2D eigenvalue weighted by Crippen LogP contribution is 2.41. The maximum atomic E-state index is 13.0. The second kappa shape index (κ2) is 12.9. The maximum Gasteiger partial charge on any atom is 0.251 e. The number of morpholine rings is 1. The van der Waals surface area contributed by atoms with Gasteiger partial charge in [0.2, 0.25) is 0 Å². The first kappa shape index (κ1) is 27.6. The quantitative estimate of drug-likeness (QED) is 0.204. The normalized spacial score (nSPS) is 13.9. The van der Waals surface area contributed by atoms with Crippen molar-refractivity contribution in [3.63, 3.8) is 0 Å². The summed E-state index contributed by atoms with van der Waals surface area (Å²) in [5.41, 5.74) is 2.71. The summed E-state index contributed by atoms with van der Waals surface area (Å²) < 4.78 is 17.8. The standard InChI is InChI=1S/C32H32N2O5S/c1-37-28-21-29(38-2)26(31-20-25-5-3-4-6-30(25)40-31)19-24(28)11-12-27(35)22-7-9-23(10-8-22)32(36)33-13-14-34-15-17-39-18-16-34/h3-12,19-21H,13-18H2,1-2H3,(H,33,36)/b12-11+. The molecular formula is C32H32N2O5S. The summed E-state index contributed by atoms with van der Waals surface area (Å²) >= 11 is 1.69. The molecule has 1 aliphatic heterocycles. The average Bonchev–Trinajstić information content (AvgIpc) is 3.44. The van der Waals surface area contributed by atoms with Gasteiger partial charge in [0.05, 0.1) is 27.4 Å². The number of hydrogen-bond donors (Lipinski definition) is 1. The summed E-state index contributed by atoms with van der Waals surface area (Å²) in [7, 11) is 3.23. The van der Waals surface area contributed by atoms with E-state index >= 15 is 0 Å². The fraction of sp³-hybridized carbons (Fsp3) is 0.250. The van der Waals surface area contributed by atoms with Crippen LogP contribution in [0.1, 0.15) is 26.3 Å². The molecule has 0 spiro atoms. The maximum absolute atomic E-state index is 13.0. The highest BCUT2D eigenvalue weighted by Gasteiger charge is 2.15. The molecule has 1 N–H and O–H groups in total. The summed E-state index contributed by atoms with van der Waals surface area (Å²) in [6.07, 6.45) is 3.28. The molecule has 206 valence electrons. The van der Waals surface area contributed by atoms with E-state index in [1.807, 2.05) is 24.3 Å². The lowest BCUT2D eigenvalue weighted by molar-refractivity contribution is 0.0383. The van der Waals surface area contributed by atoms with Gasteiger partial charge < -0.3 is 19.5 Å². The molecule has 0 bridgehead atoms. The van der Waals surface area contributed by atoms with Crippen molar-refractivity contribution in [2.24, 2.45) is 0 Å². The van der Waals surface area contributed by atoms with Gasteiger partial charge in [0, 0.05) is 64.1 Å². The molecule has 40 heavy (non-hydrogen) atoms. The third-order valence-corrected chi connectivity index (χ3v) is 8.06. The Bertz CT molecular complexity index is 1490. The fourth-order valence-electron chi connectivity index (χ4n) is 4.66. The van der Waals surface area contributed by atoms with Gasteiger partial charge in [0.1, 0.15) is 11.5 Å². The molecule has 0 atom stereocenters. The molecule has 5 rings (SSSR count). The van der Waals surface area contributed by atoms with Gasteiger partial charge in [-0.15, -0.1) is 11.3 Å². The van der Waals surface area contributed by atoms with Gasteiger partial charge in [-0.1, -0.05) is 30.3 Å². The Kier molecular flexibility index (Phi) is 8.91. The number of nitrogens with one attached hydrogen (secondary N) is 1.